The second-order valence-corrected chi connectivity index (χ2v) is 2.93. The van der Waals surface area contributed by atoms with Gasteiger partial charge in [0.15, 0.2) is 0 Å². The first-order valence-electron chi connectivity index (χ1n) is 2.57. The SMILES string of the molecule is C=CS[C@H](C)CC. The van der Waals surface area contributed by atoms with Gasteiger partial charge in [0.25, 0.3) is 0 Å². The molecule has 0 fully saturated rings. The predicted molar refractivity (Wildman–Crippen MR) is 37.5 cm³/mol. The average Bonchev–Trinajstić information content (AvgIpc) is 1.68. The normalized spacial score (nSPS) is 13.4. The van der Waals surface area contributed by atoms with Crippen molar-refractivity contribution >= 4 is 11.8 Å². The molecule has 0 heterocycles. The first-order chi connectivity index (χ1) is 3.31. The van der Waals surface area contributed by atoms with Crippen LogP contribution in [0.3, 0.4) is 0 Å². The molecule has 0 aliphatic rings. The van der Waals surface area contributed by atoms with Crippen molar-refractivity contribution in [3.63, 3.8) is 0 Å². The predicted octanol–water partition coefficient (Wildman–Crippen LogP) is 2.66. The largest absolute Gasteiger partial charge is 0.132 e. The molecule has 0 spiro atoms. The summed E-state index contributed by atoms with van der Waals surface area (Å²) < 4.78 is 0. The summed E-state index contributed by atoms with van der Waals surface area (Å²) in [6.45, 7) is 7.99. The molecular formula is C6H12S. The van der Waals surface area contributed by atoms with E-state index in [2.05, 4.69) is 20.4 Å². The van der Waals surface area contributed by atoms with Crippen LogP contribution in [0, 0.1) is 0 Å². The van der Waals surface area contributed by atoms with Gasteiger partial charge >= 0.3 is 0 Å². The fourth-order valence-electron chi connectivity index (χ4n) is 0.260. The maximum absolute atomic E-state index is 3.61. The lowest BCUT2D eigenvalue weighted by atomic mass is 10.4. The third-order valence-corrected chi connectivity index (χ3v) is 1.89. The third-order valence-electron chi connectivity index (χ3n) is 0.903. The Balaban J connectivity index is 2.98. The van der Waals surface area contributed by atoms with E-state index in [1.54, 1.807) is 11.8 Å². The van der Waals surface area contributed by atoms with Gasteiger partial charge in [-0.2, -0.15) is 0 Å². The lowest BCUT2D eigenvalue weighted by molar-refractivity contribution is 0.910. The van der Waals surface area contributed by atoms with Gasteiger partial charge in [-0.3, -0.25) is 0 Å². The third kappa shape index (κ3) is 3.93. The summed E-state index contributed by atoms with van der Waals surface area (Å²) in [7, 11) is 0. The summed E-state index contributed by atoms with van der Waals surface area (Å²) in [5, 5.41) is 2.64. The fourth-order valence-corrected chi connectivity index (χ4v) is 0.781. The second kappa shape index (κ2) is 4.25. The highest BCUT2D eigenvalue weighted by atomic mass is 32.2. The van der Waals surface area contributed by atoms with Crippen LogP contribution < -0.4 is 0 Å². The molecule has 0 aromatic carbocycles. The number of rotatable bonds is 3. The van der Waals surface area contributed by atoms with Crippen molar-refractivity contribution < 1.29 is 0 Å². The molecule has 0 N–H and O–H groups in total. The first-order valence-corrected chi connectivity index (χ1v) is 3.52. The number of thioether (sulfide) groups is 1. The molecule has 0 radical (unpaired) electrons. The zero-order valence-corrected chi connectivity index (χ0v) is 5.79. The highest BCUT2D eigenvalue weighted by molar-refractivity contribution is 8.02. The van der Waals surface area contributed by atoms with Crippen molar-refractivity contribution in [2.45, 2.75) is 25.5 Å². The lowest BCUT2D eigenvalue weighted by Gasteiger charge is -1.99. The van der Waals surface area contributed by atoms with Crippen molar-refractivity contribution in [2.75, 3.05) is 0 Å². The molecule has 1 atom stereocenters. The van der Waals surface area contributed by atoms with Gasteiger partial charge in [0, 0.05) is 5.25 Å². The van der Waals surface area contributed by atoms with Gasteiger partial charge in [0.1, 0.15) is 0 Å². The topological polar surface area (TPSA) is 0 Å². The molecule has 42 valence electrons. The second-order valence-electron chi connectivity index (χ2n) is 1.52. The van der Waals surface area contributed by atoms with Gasteiger partial charge in [-0.1, -0.05) is 20.4 Å². The van der Waals surface area contributed by atoms with Crippen molar-refractivity contribution in [3.05, 3.63) is 12.0 Å². The van der Waals surface area contributed by atoms with Crippen LogP contribution in [-0.4, -0.2) is 5.25 Å². The highest BCUT2D eigenvalue weighted by Gasteiger charge is 1.91. The maximum Gasteiger partial charge on any atom is 0.00573 e. The van der Waals surface area contributed by atoms with Crippen molar-refractivity contribution in [1.29, 1.82) is 0 Å². The monoisotopic (exact) mass is 116 g/mol. The summed E-state index contributed by atoms with van der Waals surface area (Å²) in [4.78, 5) is 0. The molecule has 0 aliphatic carbocycles. The van der Waals surface area contributed by atoms with Crippen molar-refractivity contribution in [2.24, 2.45) is 0 Å². The van der Waals surface area contributed by atoms with Crippen LogP contribution in [0.15, 0.2) is 12.0 Å². The molecule has 0 bridgehead atoms. The molecule has 0 rings (SSSR count). The number of hydrogen-bond donors (Lipinski definition) is 0. The van der Waals surface area contributed by atoms with Crippen molar-refractivity contribution in [3.8, 4) is 0 Å². The molecule has 0 nitrogen and oxygen atoms in total. The molecular weight excluding hydrogens is 104 g/mol. The summed E-state index contributed by atoms with van der Waals surface area (Å²) >= 11 is 1.80. The molecule has 0 saturated carbocycles. The Morgan fingerprint density at radius 1 is 1.86 bits per heavy atom. The highest BCUT2D eigenvalue weighted by Crippen LogP contribution is 2.12. The molecule has 0 aliphatic heterocycles. The van der Waals surface area contributed by atoms with Gasteiger partial charge in [0.05, 0.1) is 0 Å². The van der Waals surface area contributed by atoms with E-state index in [0.29, 0.717) is 0 Å². The standard InChI is InChI=1S/C6H12S/c1-4-6(3)7-5-2/h5-6H,2,4H2,1,3H3/t6-/m1/s1. The number of hydrogen-bond acceptors (Lipinski definition) is 1. The zero-order chi connectivity index (χ0) is 5.70. The molecule has 0 saturated heterocycles. The minimum absolute atomic E-state index is 0.748. The van der Waals surface area contributed by atoms with E-state index in [9.17, 15) is 0 Å². The molecule has 0 amide bonds. The van der Waals surface area contributed by atoms with Gasteiger partial charge in [-0.15, -0.1) is 11.8 Å². The Morgan fingerprint density at radius 2 is 2.43 bits per heavy atom. The molecule has 1 heteroatoms. The Hall–Kier alpha value is 0.0900. The van der Waals surface area contributed by atoms with Gasteiger partial charge in [-0.25, -0.2) is 0 Å². The lowest BCUT2D eigenvalue weighted by Crippen LogP contribution is -1.87. The first kappa shape index (κ1) is 7.09. The van der Waals surface area contributed by atoms with Gasteiger partial charge < -0.3 is 0 Å². The quantitative estimate of drug-likeness (QED) is 0.546. The Kier molecular flexibility index (Phi) is 4.31. The van der Waals surface area contributed by atoms with Crippen LogP contribution in [0.1, 0.15) is 20.3 Å². The molecule has 7 heavy (non-hydrogen) atoms. The van der Waals surface area contributed by atoms with E-state index < -0.39 is 0 Å². The van der Waals surface area contributed by atoms with Crippen LogP contribution >= 0.6 is 11.8 Å². The van der Waals surface area contributed by atoms with Crippen LogP contribution in [0.5, 0.6) is 0 Å². The molecule has 0 aromatic heterocycles. The van der Waals surface area contributed by atoms with Crippen LogP contribution in [0.2, 0.25) is 0 Å². The Morgan fingerprint density at radius 3 is 2.57 bits per heavy atom. The smallest absolute Gasteiger partial charge is 0.00573 e. The van der Waals surface area contributed by atoms with E-state index in [0.717, 1.165) is 5.25 Å². The summed E-state index contributed by atoms with van der Waals surface area (Å²) in [6.07, 6.45) is 1.23. The van der Waals surface area contributed by atoms with E-state index in [1.165, 1.54) is 6.42 Å². The maximum atomic E-state index is 3.61. The van der Waals surface area contributed by atoms with Crippen molar-refractivity contribution in [1.82, 2.24) is 0 Å². The minimum Gasteiger partial charge on any atom is -0.132 e. The van der Waals surface area contributed by atoms with Gasteiger partial charge in [-0.05, 0) is 11.8 Å². The Labute approximate surface area is 50.0 Å². The van der Waals surface area contributed by atoms with Gasteiger partial charge in [0.2, 0.25) is 0 Å². The summed E-state index contributed by atoms with van der Waals surface area (Å²) in [6, 6.07) is 0. The van der Waals surface area contributed by atoms with E-state index >= 15 is 0 Å². The molecule has 0 aromatic rings. The average molecular weight is 116 g/mol. The minimum atomic E-state index is 0.748. The summed E-state index contributed by atoms with van der Waals surface area (Å²) in [5.74, 6) is 0. The zero-order valence-electron chi connectivity index (χ0n) is 4.98. The Bertz CT molecular complexity index is 50.1. The van der Waals surface area contributed by atoms with Crippen LogP contribution in [0.25, 0.3) is 0 Å². The van der Waals surface area contributed by atoms with E-state index in [1.807, 2.05) is 5.41 Å². The van der Waals surface area contributed by atoms with E-state index in [4.69, 9.17) is 0 Å². The fraction of sp³-hybridized carbons (Fsp3) is 0.667. The molecule has 0 unspecified atom stereocenters. The van der Waals surface area contributed by atoms with E-state index in [-0.39, 0.29) is 0 Å². The summed E-state index contributed by atoms with van der Waals surface area (Å²) in [5.41, 5.74) is 0. The van der Waals surface area contributed by atoms with Crippen LogP contribution in [0.4, 0.5) is 0 Å². The van der Waals surface area contributed by atoms with Crippen LogP contribution in [-0.2, 0) is 0 Å².